The Labute approximate surface area is 93.3 Å². The molecule has 0 heterocycles. The average Bonchev–Trinajstić information content (AvgIpc) is 2.96. The van der Waals surface area contributed by atoms with E-state index in [9.17, 15) is 18.0 Å². The fourth-order valence-corrected chi connectivity index (χ4v) is 1.87. The highest BCUT2D eigenvalue weighted by atomic mass is 32.2. The lowest BCUT2D eigenvalue weighted by Gasteiger charge is -2.04. The van der Waals surface area contributed by atoms with Crippen LogP contribution in [-0.4, -0.2) is 44.7 Å². The van der Waals surface area contributed by atoms with Crippen molar-refractivity contribution in [3.63, 3.8) is 0 Å². The lowest BCUT2D eigenvalue weighted by Crippen LogP contribution is -2.34. The summed E-state index contributed by atoms with van der Waals surface area (Å²) in [6.45, 7) is -0.00908. The monoisotopic (exact) mass is 250 g/mol. The summed E-state index contributed by atoms with van der Waals surface area (Å²) in [5.74, 6) is -2.70. The number of rotatable bonds is 6. The number of hydrogen-bond acceptors (Lipinski definition) is 4. The van der Waals surface area contributed by atoms with Gasteiger partial charge in [-0.2, -0.15) is 0 Å². The molecule has 0 aromatic rings. The molecule has 3 N–H and O–H groups in total. The molecule has 1 fully saturated rings. The zero-order valence-electron chi connectivity index (χ0n) is 8.76. The standard InChI is InChI=1S/C8H14N2O5S/c1-9-16(14,15)3-2-10-7(11)5-4-6(5)8(12)13/h5-6,9H,2-4H2,1H3,(H,10,11)(H,12,13)/t5-,6+/m1/s1. The predicted octanol–water partition coefficient (Wildman–Crippen LogP) is -1.63. The second kappa shape index (κ2) is 4.79. The molecule has 2 atom stereocenters. The molecule has 1 amide bonds. The van der Waals surface area contributed by atoms with Crippen LogP contribution in [0.25, 0.3) is 0 Å². The first-order valence-electron chi connectivity index (χ1n) is 4.79. The zero-order valence-corrected chi connectivity index (χ0v) is 9.58. The molecule has 0 saturated heterocycles. The van der Waals surface area contributed by atoms with Crippen LogP contribution in [0.2, 0.25) is 0 Å². The number of nitrogens with one attached hydrogen (secondary N) is 2. The summed E-state index contributed by atoms with van der Waals surface area (Å²) in [4.78, 5) is 21.8. The molecule has 1 aliphatic rings. The number of carbonyl (C=O) groups is 2. The molecule has 0 spiro atoms. The Morgan fingerprint density at radius 1 is 1.38 bits per heavy atom. The van der Waals surface area contributed by atoms with Crippen LogP contribution < -0.4 is 10.0 Å². The lowest BCUT2D eigenvalue weighted by atomic mass is 10.3. The molecule has 1 rings (SSSR count). The minimum absolute atomic E-state index is 0.00908. The maximum atomic E-state index is 11.3. The molecule has 92 valence electrons. The fourth-order valence-electron chi connectivity index (χ4n) is 1.30. The SMILES string of the molecule is CNS(=O)(=O)CCNC(=O)[C@@H]1C[C@@H]1C(=O)O. The normalized spacial score (nSPS) is 23.8. The number of amides is 1. The van der Waals surface area contributed by atoms with Crippen molar-refractivity contribution in [1.82, 2.24) is 10.0 Å². The molecular weight excluding hydrogens is 236 g/mol. The summed E-state index contributed by atoms with van der Waals surface area (Å²) in [5.41, 5.74) is 0. The van der Waals surface area contributed by atoms with E-state index in [2.05, 4.69) is 10.0 Å². The number of aliphatic carboxylic acids is 1. The maximum Gasteiger partial charge on any atom is 0.307 e. The highest BCUT2D eigenvalue weighted by Gasteiger charge is 2.48. The first kappa shape index (κ1) is 12.9. The van der Waals surface area contributed by atoms with Crippen LogP contribution >= 0.6 is 0 Å². The van der Waals surface area contributed by atoms with Crippen LogP contribution in [0.1, 0.15) is 6.42 Å². The molecule has 8 heteroatoms. The highest BCUT2D eigenvalue weighted by molar-refractivity contribution is 7.89. The van der Waals surface area contributed by atoms with Gasteiger partial charge in [-0.05, 0) is 13.5 Å². The van der Waals surface area contributed by atoms with Crippen molar-refractivity contribution in [2.75, 3.05) is 19.3 Å². The molecule has 0 aromatic carbocycles. The summed E-state index contributed by atoms with van der Waals surface area (Å²) >= 11 is 0. The molecule has 16 heavy (non-hydrogen) atoms. The number of carboxylic acid groups (broad SMARTS) is 1. The van der Waals surface area contributed by atoms with E-state index >= 15 is 0 Å². The highest BCUT2D eigenvalue weighted by Crippen LogP contribution is 2.38. The van der Waals surface area contributed by atoms with Crippen molar-refractivity contribution < 1.29 is 23.1 Å². The van der Waals surface area contributed by atoms with Crippen molar-refractivity contribution in [2.24, 2.45) is 11.8 Å². The van der Waals surface area contributed by atoms with Crippen molar-refractivity contribution in [3.8, 4) is 0 Å². The molecule has 0 bridgehead atoms. The van der Waals surface area contributed by atoms with Crippen LogP contribution in [0.15, 0.2) is 0 Å². The second-order valence-electron chi connectivity index (χ2n) is 3.60. The van der Waals surface area contributed by atoms with Gasteiger partial charge in [0.1, 0.15) is 0 Å². The van der Waals surface area contributed by atoms with Gasteiger partial charge in [0.25, 0.3) is 0 Å². The molecule has 0 aromatic heterocycles. The Morgan fingerprint density at radius 2 is 2.00 bits per heavy atom. The summed E-state index contributed by atoms with van der Waals surface area (Å²) in [6.07, 6.45) is 0.333. The van der Waals surface area contributed by atoms with Crippen molar-refractivity contribution in [1.29, 1.82) is 0 Å². The Morgan fingerprint density at radius 3 is 2.44 bits per heavy atom. The Bertz CT molecular complexity index is 391. The van der Waals surface area contributed by atoms with E-state index in [1.54, 1.807) is 0 Å². The predicted molar refractivity (Wildman–Crippen MR) is 55.1 cm³/mol. The fraction of sp³-hybridized carbons (Fsp3) is 0.750. The van der Waals surface area contributed by atoms with E-state index in [0.29, 0.717) is 6.42 Å². The number of carbonyl (C=O) groups excluding carboxylic acids is 1. The Kier molecular flexibility index (Phi) is 3.87. The van der Waals surface area contributed by atoms with Gasteiger partial charge < -0.3 is 10.4 Å². The van der Waals surface area contributed by atoms with E-state index in [0.717, 1.165) is 0 Å². The van der Waals surface area contributed by atoms with Gasteiger partial charge in [0.15, 0.2) is 0 Å². The second-order valence-corrected chi connectivity index (χ2v) is 5.65. The smallest absolute Gasteiger partial charge is 0.307 e. The largest absolute Gasteiger partial charge is 0.481 e. The summed E-state index contributed by atoms with van der Waals surface area (Å²) in [5, 5.41) is 11.0. The molecular formula is C8H14N2O5S. The molecule has 1 aliphatic carbocycles. The van der Waals surface area contributed by atoms with E-state index in [1.165, 1.54) is 7.05 Å². The van der Waals surface area contributed by atoms with Crippen LogP contribution in [0.5, 0.6) is 0 Å². The number of sulfonamides is 1. The van der Waals surface area contributed by atoms with Crippen LogP contribution in [0, 0.1) is 11.8 Å². The lowest BCUT2D eigenvalue weighted by molar-refractivity contribution is -0.140. The molecule has 1 saturated carbocycles. The first-order valence-corrected chi connectivity index (χ1v) is 6.44. The summed E-state index contributed by atoms with van der Waals surface area (Å²) in [6, 6.07) is 0. The third kappa shape index (κ3) is 3.46. The van der Waals surface area contributed by atoms with Gasteiger partial charge in [0.2, 0.25) is 15.9 Å². The minimum Gasteiger partial charge on any atom is -0.481 e. The number of carboxylic acids is 1. The molecule has 7 nitrogen and oxygen atoms in total. The van der Waals surface area contributed by atoms with E-state index in [4.69, 9.17) is 5.11 Å². The zero-order chi connectivity index (χ0) is 12.3. The third-order valence-electron chi connectivity index (χ3n) is 2.43. The van der Waals surface area contributed by atoms with Crippen molar-refractivity contribution in [3.05, 3.63) is 0 Å². The van der Waals surface area contributed by atoms with E-state index in [1.807, 2.05) is 0 Å². The maximum absolute atomic E-state index is 11.3. The topological polar surface area (TPSA) is 113 Å². The van der Waals surface area contributed by atoms with Crippen molar-refractivity contribution in [2.45, 2.75) is 6.42 Å². The third-order valence-corrected chi connectivity index (χ3v) is 3.79. The number of hydrogen-bond donors (Lipinski definition) is 3. The van der Waals surface area contributed by atoms with Gasteiger partial charge in [-0.3, -0.25) is 9.59 Å². The summed E-state index contributed by atoms with van der Waals surface area (Å²) in [7, 11) is -2.04. The van der Waals surface area contributed by atoms with Gasteiger partial charge in [-0.1, -0.05) is 0 Å². The average molecular weight is 250 g/mol. The first-order chi connectivity index (χ1) is 7.37. The molecule has 0 aliphatic heterocycles. The summed E-state index contributed by atoms with van der Waals surface area (Å²) < 4.78 is 24.1. The molecule has 0 radical (unpaired) electrons. The van der Waals surface area contributed by atoms with Gasteiger partial charge in [0.05, 0.1) is 17.6 Å². The quantitative estimate of drug-likeness (QED) is 0.524. The van der Waals surface area contributed by atoms with Crippen LogP contribution in [-0.2, 0) is 19.6 Å². The van der Waals surface area contributed by atoms with E-state index < -0.39 is 33.7 Å². The van der Waals surface area contributed by atoms with Crippen LogP contribution in [0.3, 0.4) is 0 Å². The van der Waals surface area contributed by atoms with Gasteiger partial charge in [-0.25, -0.2) is 13.1 Å². The van der Waals surface area contributed by atoms with Gasteiger partial charge >= 0.3 is 5.97 Å². The van der Waals surface area contributed by atoms with E-state index in [-0.39, 0.29) is 12.3 Å². The molecule has 0 unspecified atom stereocenters. The Balaban J connectivity index is 2.25. The van der Waals surface area contributed by atoms with Gasteiger partial charge in [-0.15, -0.1) is 0 Å². The van der Waals surface area contributed by atoms with Crippen molar-refractivity contribution >= 4 is 21.9 Å². The Hall–Kier alpha value is -1.15. The van der Waals surface area contributed by atoms with Gasteiger partial charge in [0, 0.05) is 6.54 Å². The van der Waals surface area contributed by atoms with Crippen LogP contribution in [0.4, 0.5) is 0 Å². The minimum atomic E-state index is -3.33.